The second kappa shape index (κ2) is 10.8. The van der Waals surface area contributed by atoms with Crippen LogP contribution in [0.15, 0.2) is 59.9 Å². The molecule has 2 aromatic carbocycles. The van der Waals surface area contributed by atoms with Crippen molar-refractivity contribution in [2.75, 3.05) is 25.2 Å². The molecule has 2 heterocycles. The standard InChI is InChI=1S/C25H31N5O3/c1-18(2)33-22-7-5-21(6-8-22)29-25(27-13-11-20-15-28-30(3)16-20)26-12-10-19-4-9-23-24(14-19)32-17-31-23/h4-9,14-16,18H,10-13,17H2,1-3H3,(H2,26,27,29). The summed E-state index contributed by atoms with van der Waals surface area (Å²) >= 11 is 0. The van der Waals surface area contributed by atoms with Gasteiger partial charge in [0.05, 0.1) is 12.3 Å². The number of guanidine groups is 1. The van der Waals surface area contributed by atoms with Crippen LogP contribution >= 0.6 is 0 Å². The molecular weight excluding hydrogens is 418 g/mol. The maximum atomic E-state index is 5.73. The summed E-state index contributed by atoms with van der Waals surface area (Å²) in [7, 11) is 1.92. The molecule has 0 spiro atoms. The van der Waals surface area contributed by atoms with Gasteiger partial charge < -0.3 is 24.8 Å². The minimum Gasteiger partial charge on any atom is -0.491 e. The number of hydrogen-bond donors (Lipinski definition) is 2. The summed E-state index contributed by atoms with van der Waals surface area (Å²) in [6.07, 6.45) is 5.72. The Labute approximate surface area is 194 Å². The van der Waals surface area contributed by atoms with Crippen molar-refractivity contribution in [3.05, 3.63) is 66.0 Å². The normalized spacial score (nSPS) is 12.8. The third-order valence-electron chi connectivity index (χ3n) is 5.06. The van der Waals surface area contributed by atoms with Crippen LogP contribution < -0.4 is 24.8 Å². The lowest BCUT2D eigenvalue weighted by Gasteiger charge is -2.14. The van der Waals surface area contributed by atoms with Gasteiger partial charge in [-0.3, -0.25) is 9.67 Å². The Bertz CT molecular complexity index is 1080. The predicted molar refractivity (Wildman–Crippen MR) is 129 cm³/mol. The van der Waals surface area contributed by atoms with Crippen LogP contribution in [0.4, 0.5) is 5.69 Å². The maximum absolute atomic E-state index is 5.73. The number of benzene rings is 2. The monoisotopic (exact) mass is 449 g/mol. The number of aromatic nitrogens is 2. The summed E-state index contributed by atoms with van der Waals surface area (Å²) in [6.45, 7) is 5.70. The molecule has 0 bridgehead atoms. The Balaban J connectivity index is 1.38. The molecule has 0 amide bonds. The highest BCUT2D eigenvalue weighted by Gasteiger charge is 2.13. The molecule has 1 aromatic heterocycles. The van der Waals surface area contributed by atoms with Gasteiger partial charge in [-0.2, -0.15) is 5.10 Å². The molecule has 8 nitrogen and oxygen atoms in total. The Morgan fingerprint density at radius 3 is 2.67 bits per heavy atom. The molecule has 0 saturated carbocycles. The first kappa shape index (κ1) is 22.5. The van der Waals surface area contributed by atoms with Crippen LogP contribution in [0.5, 0.6) is 17.2 Å². The zero-order chi connectivity index (χ0) is 23.0. The van der Waals surface area contributed by atoms with E-state index in [-0.39, 0.29) is 12.9 Å². The highest BCUT2D eigenvalue weighted by atomic mass is 16.7. The van der Waals surface area contributed by atoms with Crippen molar-refractivity contribution in [1.29, 1.82) is 0 Å². The quantitative estimate of drug-likeness (QED) is 0.382. The van der Waals surface area contributed by atoms with Gasteiger partial charge in [-0.05, 0) is 74.2 Å². The first-order chi connectivity index (χ1) is 16.0. The molecule has 174 valence electrons. The van der Waals surface area contributed by atoms with Crippen molar-refractivity contribution in [2.45, 2.75) is 32.8 Å². The second-order valence-electron chi connectivity index (χ2n) is 8.18. The first-order valence-electron chi connectivity index (χ1n) is 11.2. The molecule has 0 radical (unpaired) electrons. The van der Waals surface area contributed by atoms with E-state index in [0.717, 1.165) is 53.8 Å². The number of hydrogen-bond acceptors (Lipinski definition) is 5. The number of anilines is 1. The third-order valence-corrected chi connectivity index (χ3v) is 5.06. The molecule has 0 aliphatic carbocycles. The van der Waals surface area contributed by atoms with Gasteiger partial charge in [-0.25, -0.2) is 0 Å². The Hall–Kier alpha value is -3.68. The van der Waals surface area contributed by atoms with Gasteiger partial charge in [-0.1, -0.05) is 6.07 Å². The highest BCUT2D eigenvalue weighted by molar-refractivity contribution is 5.93. The van der Waals surface area contributed by atoms with Gasteiger partial charge in [0.25, 0.3) is 0 Å². The van der Waals surface area contributed by atoms with E-state index >= 15 is 0 Å². The number of nitrogens with zero attached hydrogens (tertiary/aromatic N) is 3. The van der Waals surface area contributed by atoms with E-state index in [0.29, 0.717) is 6.54 Å². The number of rotatable bonds is 9. The molecule has 0 fully saturated rings. The lowest BCUT2D eigenvalue weighted by Crippen LogP contribution is -2.32. The van der Waals surface area contributed by atoms with E-state index in [9.17, 15) is 0 Å². The molecule has 1 aliphatic rings. The van der Waals surface area contributed by atoms with Gasteiger partial charge in [0.15, 0.2) is 17.5 Å². The Kier molecular flexibility index (Phi) is 7.34. The fourth-order valence-corrected chi connectivity index (χ4v) is 3.48. The minimum absolute atomic E-state index is 0.145. The van der Waals surface area contributed by atoms with E-state index in [1.165, 1.54) is 5.56 Å². The van der Waals surface area contributed by atoms with Crippen molar-refractivity contribution in [3.8, 4) is 17.2 Å². The average Bonchev–Trinajstić information content (AvgIpc) is 3.43. The molecule has 33 heavy (non-hydrogen) atoms. The van der Waals surface area contributed by atoms with Crippen LogP contribution in [0.1, 0.15) is 25.0 Å². The zero-order valence-electron chi connectivity index (χ0n) is 19.4. The minimum atomic E-state index is 0.145. The number of aliphatic imine (C=N–C) groups is 1. The summed E-state index contributed by atoms with van der Waals surface area (Å²) < 4.78 is 18.4. The van der Waals surface area contributed by atoms with Gasteiger partial charge in [0.1, 0.15) is 5.75 Å². The summed E-state index contributed by atoms with van der Waals surface area (Å²) in [5.74, 6) is 3.18. The Morgan fingerprint density at radius 1 is 1.09 bits per heavy atom. The van der Waals surface area contributed by atoms with Crippen molar-refractivity contribution in [2.24, 2.45) is 12.0 Å². The highest BCUT2D eigenvalue weighted by Crippen LogP contribution is 2.32. The largest absolute Gasteiger partial charge is 0.491 e. The predicted octanol–water partition coefficient (Wildman–Crippen LogP) is 3.78. The van der Waals surface area contributed by atoms with Crippen LogP contribution in [-0.2, 0) is 19.9 Å². The van der Waals surface area contributed by atoms with Gasteiger partial charge in [0.2, 0.25) is 6.79 Å². The van der Waals surface area contributed by atoms with Crippen LogP contribution in [0.3, 0.4) is 0 Å². The lowest BCUT2D eigenvalue weighted by molar-refractivity contribution is 0.174. The molecule has 3 aromatic rings. The fourth-order valence-electron chi connectivity index (χ4n) is 3.48. The topological polar surface area (TPSA) is 81.9 Å². The SMILES string of the molecule is CC(C)Oc1ccc(NC(=NCCc2ccc3c(c2)OCO3)NCCc2cnn(C)c2)cc1. The van der Waals surface area contributed by atoms with E-state index in [1.807, 2.05) is 74.4 Å². The first-order valence-corrected chi connectivity index (χ1v) is 11.2. The van der Waals surface area contributed by atoms with Gasteiger partial charge in [-0.15, -0.1) is 0 Å². The van der Waals surface area contributed by atoms with Crippen LogP contribution in [0, 0.1) is 0 Å². The number of aryl methyl sites for hydroxylation is 1. The molecule has 1 aliphatic heterocycles. The number of nitrogens with one attached hydrogen (secondary N) is 2. The van der Waals surface area contributed by atoms with Crippen molar-refractivity contribution < 1.29 is 14.2 Å². The zero-order valence-corrected chi connectivity index (χ0v) is 19.4. The van der Waals surface area contributed by atoms with Crippen molar-refractivity contribution in [3.63, 3.8) is 0 Å². The van der Waals surface area contributed by atoms with E-state index < -0.39 is 0 Å². The smallest absolute Gasteiger partial charge is 0.231 e. The summed E-state index contributed by atoms with van der Waals surface area (Å²) in [6, 6.07) is 13.9. The van der Waals surface area contributed by atoms with Crippen molar-refractivity contribution in [1.82, 2.24) is 15.1 Å². The van der Waals surface area contributed by atoms with Crippen LogP contribution in [0.2, 0.25) is 0 Å². The summed E-state index contributed by atoms with van der Waals surface area (Å²) in [5, 5.41) is 11.1. The summed E-state index contributed by atoms with van der Waals surface area (Å²) in [5.41, 5.74) is 3.29. The lowest BCUT2D eigenvalue weighted by atomic mass is 10.1. The molecular formula is C25H31N5O3. The van der Waals surface area contributed by atoms with Crippen LogP contribution in [0.25, 0.3) is 0 Å². The third kappa shape index (κ3) is 6.65. The molecule has 0 unspecified atom stereocenters. The fraction of sp³-hybridized carbons (Fsp3) is 0.360. The molecule has 0 atom stereocenters. The summed E-state index contributed by atoms with van der Waals surface area (Å²) in [4.78, 5) is 4.79. The number of fused-ring (bicyclic) bond motifs is 1. The molecule has 0 saturated heterocycles. The van der Waals surface area contributed by atoms with Crippen molar-refractivity contribution >= 4 is 11.6 Å². The van der Waals surface area contributed by atoms with E-state index in [1.54, 1.807) is 0 Å². The van der Waals surface area contributed by atoms with Gasteiger partial charge >= 0.3 is 0 Å². The maximum Gasteiger partial charge on any atom is 0.231 e. The van der Waals surface area contributed by atoms with Gasteiger partial charge in [0, 0.05) is 32.0 Å². The number of ether oxygens (including phenoxy) is 3. The average molecular weight is 450 g/mol. The molecule has 4 rings (SSSR count). The Morgan fingerprint density at radius 2 is 1.91 bits per heavy atom. The van der Waals surface area contributed by atoms with E-state index in [4.69, 9.17) is 19.2 Å². The molecule has 8 heteroatoms. The second-order valence-corrected chi connectivity index (χ2v) is 8.18. The van der Waals surface area contributed by atoms with Crippen LogP contribution in [-0.4, -0.2) is 41.7 Å². The molecule has 2 N–H and O–H groups in total. The van der Waals surface area contributed by atoms with E-state index in [2.05, 4.69) is 21.8 Å².